The zero-order valence-electron chi connectivity index (χ0n) is 19.0. The van der Waals surface area contributed by atoms with Gasteiger partial charge in [0, 0.05) is 42.3 Å². The van der Waals surface area contributed by atoms with E-state index >= 15 is 0 Å². The van der Waals surface area contributed by atoms with Crippen molar-refractivity contribution >= 4 is 6.09 Å². The Morgan fingerprint density at radius 2 is 1.76 bits per heavy atom. The number of halogens is 2. The summed E-state index contributed by atoms with van der Waals surface area (Å²) in [6.45, 7) is 6.39. The molecule has 0 atom stereocenters. The van der Waals surface area contributed by atoms with E-state index in [0.29, 0.717) is 36.5 Å². The van der Waals surface area contributed by atoms with Gasteiger partial charge in [-0.05, 0) is 26.3 Å². The van der Waals surface area contributed by atoms with E-state index in [2.05, 4.69) is 9.97 Å². The molecule has 33 heavy (non-hydrogen) atoms. The summed E-state index contributed by atoms with van der Waals surface area (Å²) in [7, 11) is 0. The third-order valence-electron chi connectivity index (χ3n) is 5.42. The van der Waals surface area contributed by atoms with Gasteiger partial charge in [-0.3, -0.25) is 0 Å². The van der Waals surface area contributed by atoms with Gasteiger partial charge in [0.1, 0.15) is 5.60 Å². The second-order valence-corrected chi connectivity index (χ2v) is 9.26. The molecule has 0 bridgehead atoms. The highest BCUT2D eigenvalue weighted by molar-refractivity contribution is 5.68. The van der Waals surface area contributed by atoms with E-state index in [1.165, 1.54) is 12.1 Å². The van der Waals surface area contributed by atoms with E-state index in [1.54, 1.807) is 47.5 Å². The number of amides is 1. The normalized spacial score (nSPS) is 14.0. The van der Waals surface area contributed by atoms with Crippen LogP contribution in [0.5, 0.6) is 0 Å². The zero-order valence-corrected chi connectivity index (χ0v) is 19.0. The molecule has 7 heteroatoms. The Bertz CT molecular complexity index is 1130. The summed E-state index contributed by atoms with van der Waals surface area (Å²) in [5.41, 5.74) is 2.39. The van der Waals surface area contributed by atoms with Gasteiger partial charge >= 0.3 is 6.09 Å². The number of alkyl halides is 2. The summed E-state index contributed by atoms with van der Waals surface area (Å²) >= 11 is 0. The average molecular weight is 452 g/mol. The van der Waals surface area contributed by atoms with Gasteiger partial charge in [-0.15, -0.1) is 0 Å². The number of nitrogens with zero attached hydrogens (tertiary/aromatic N) is 3. The minimum atomic E-state index is -2.97. The molecule has 1 aliphatic heterocycles. The average Bonchev–Trinajstić information content (AvgIpc) is 2.78. The topological polar surface area (TPSA) is 55.3 Å². The Hall–Kier alpha value is -3.35. The number of carbonyl (C=O) groups is 1. The zero-order chi connectivity index (χ0) is 23.6. The summed E-state index contributed by atoms with van der Waals surface area (Å²) in [4.78, 5) is 23.0. The number of rotatable bonds is 4. The molecule has 1 aromatic heterocycles. The fraction of sp³-hybridized carbons (Fsp3) is 0.346. The Morgan fingerprint density at radius 1 is 1.06 bits per heavy atom. The van der Waals surface area contributed by atoms with Crippen LogP contribution in [0.4, 0.5) is 13.6 Å². The standard InChI is InChI=1S/C26H27F2N3O2/c1-25(2,3)33-24(32)31-14-13-22-20(17-31)16-29-23(30-22)19-9-11-21(12-10-19)26(27,28)15-18-7-5-4-6-8-18/h4-12,16H,13-15,17H2,1-3H3. The predicted molar refractivity (Wildman–Crippen MR) is 122 cm³/mol. The lowest BCUT2D eigenvalue weighted by atomic mass is 9.99. The van der Waals surface area contributed by atoms with Crippen LogP contribution in [0, 0.1) is 0 Å². The molecular formula is C26H27F2N3O2. The van der Waals surface area contributed by atoms with Crippen LogP contribution in [0.3, 0.4) is 0 Å². The van der Waals surface area contributed by atoms with E-state index in [4.69, 9.17) is 4.74 Å². The molecule has 172 valence electrons. The molecule has 0 saturated heterocycles. The summed E-state index contributed by atoms with van der Waals surface area (Å²) in [6.07, 6.45) is 1.57. The van der Waals surface area contributed by atoms with E-state index < -0.39 is 11.5 Å². The lowest BCUT2D eigenvalue weighted by Crippen LogP contribution is -2.40. The first-order chi connectivity index (χ1) is 15.6. The first kappa shape index (κ1) is 22.8. The molecule has 5 nitrogen and oxygen atoms in total. The summed E-state index contributed by atoms with van der Waals surface area (Å²) in [6, 6.07) is 14.9. The Morgan fingerprint density at radius 3 is 2.42 bits per heavy atom. The van der Waals surface area contributed by atoms with Gasteiger partial charge in [0.05, 0.1) is 12.2 Å². The number of ether oxygens (including phenoxy) is 1. The number of aromatic nitrogens is 2. The van der Waals surface area contributed by atoms with Crippen molar-refractivity contribution in [3.63, 3.8) is 0 Å². The van der Waals surface area contributed by atoms with Gasteiger partial charge in [0.15, 0.2) is 5.82 Å². The fourth-order valence-electron chi connectivity index (χ4n) is 3.75. The molecule has 1 aliphatic rings. The number of hydrogen-bond donors (Lipinski definition) is 0. The van der Waals surface area contributed by atoms with Crippen molar-refractivity contribution in [2.75, 3.05) is 6.54 Å². The van der Waals surface area contributed by atoms with E-state index in [9.17, 15) is 13.6 Å². The lowest BCUT2D eigenvalue weighted by Gasteiger charge is -2.30. The molecular weight excluding hydrogens is 424 g/mol. The maximum Gasteiger partial charge on any atom is 0.410 e. The number of benzene rings is 2. The lowest BCUT2D eigenvalue weighted by molar-refractivity contribution is -0.00383. The highest BCUT2D eigenvalue weighted by Crippen LogP contribution is 2.33. The second-order valence-electron chi connectivity index (χ2n) is 9.26. The minimum Gasteiger partial charge on any atom is -0.444 e. The van der Waals surface area contributed by atoms with Crippen LogP contribution in [0.25, 0.3) is 11.4 Å². The minimum absolute atomic E-state index is 0.0407. The number of hydrogen-bond acceptors (Lipinski definition) is 4. The first-order valence-electron chi connectivity index (χ1n) is 11.0. The molecule has 3 aromatic rings. The van der Waals surface area contributed by atoms with Crippen LogP contribution in [0.2, 0.25) is 0 Å². The van der Waals surface area contributed by atoms with Crippen LogP contribution in [0.1, 0.15) is 43.2 Å². The monoisotopic (exact) mass is 451 g/mol. The van der Waals surface area contributed by atoms with Crippen molar-refractivity contribution in [2.45, 2.75) is 51.7 Å². The number of fused-ring (bicyclic) bond motifs is 1. The smallest absolute Gasteiger partial charge is 0.410 e. The van der Waals surface area contributed by atoms with Crippen LogP contribution >= 0.6 is 0 Å². The molecule has 0 aliphatic carbocycles. The molecule has 0 unspecified atom stereocenters. The predicted octanol–water partition coefficient (Wildman–Crippen LogP) is 5.77. The van der Waals surface area contributed by atoms with Crippen LogP contribution in [-0.4, -0.2) is 33.1 Å². The largest absolute Gasteiger partial charge is 0.444 e. The van der Waals surface area contributed by atoms with Crippen molar-refractivity contribution in [1.82, 2.24) is 14.9 Å². The highest BCUT2D eigenvalue weighted by Gasteiger charge is 2.32. The van der Waals surface area contributed by atoms with Crippen LogP contribution < -0.4 is 0 Å². The molecule has 0 fully saturated rings. The van der Waals surface area contributed by atoms with E-state index in [1.807, 2.05) is 26.8 Å². The molecule has 0 spiro atoms. The molecule has 4 rings (SSSR count). The van der Waals surface area contributed by atoms with Crippen molar-refractivity contribution in [1.29, 1.82) is 0 Å². The SMILES string of the molecule is CC(C)(C)OC(=O)N1CCc2nc(-c3ccc(C(F)(F)Cc4ccccc4)cc3)ncc2C1. The maximum absolute atomic E-state index is 14.7. The van der Waals surface area contributed by atoms with Gasteiger partial charge in [-0.25, -0.2) is 23.5 Å². The third-order valence-corrected chi connectivity index (χ3v) is 5.42. The summed E-state index contributed by atoms with van der Waals surface area (Å²) in [5.74, 6) is -2.49. The number of carbonyl (C=O) groups excluding carboxylic acids is 1. The Balaban J connectivity index is 1.47. The fourth-order valence-corrected chi connectivity index (χ4v) is 3.75. The Labute approximate surface area is 192 Å². The van der Waals surface area contributed by atoms with Gasteiger partial charge in [-0.2, -0.15) is 0 Å². The first-order valence-corrected chi connectivity index (χ1v) is 11.0. The Kier molecular flexibility index (Phi) is 6.15. The van der Waals surface area contributed by atoms with Gasteiger partial charge in [0.25, 0.3) is 5.92 Å². The second kappa shape index (κ2) is 8.89. The molecule has 0 N–H and O–H groups in total. The quantitative estimate of drug-likeness (QED) is 0.505. The molecule has 0 saturated carbocycles. The summed E-state index contributed by atoms with van der Waals surface area (Å²) < 4.78 is 34.9. The summed E-state index contributed by atoms with van der Waals surface area (Å²) in [5, 5.41) is 0. The van der Waals surface area contributed by atoms with Gasteiger partial charge < -0.3 is 9.64 Å². The maximum atomic E-state index is 14.7. The third kappa shape index (κ3) is 5.53. The molecule has 1 amide bonds. The van der Waals surface area contributed by atoms with Crippen LogP contribution in [0.15, 0.2) is 60.8 Å². The highest BCUT2D eigenvalue weighted by atomic mass is 19.3. The van der Waals surface area contributed by atoms with Crippen molar-refractivity contribution in [3.8, 4) is 11.4 Å². The van der Waals surface area contributed by atoms with Crippen molar-refractivity contribution in [2.24, 2.45) is 0 Å². The van der Waals surface area contributed by atoms with Crippen molar-refractivity contribution < 1.29 is 18.3 Å². The molecule has 2 heterocycles. The molecule has 2 aromatic carbocycles. The van der Waals surface area contributed by atoms with Gasteiger partial charge in [0.2, 0.25) is 0 Å². The van der Waals surface area contributed by atoms with Gasteiger partial charge in [-0.1, -0.05) is 54.6 Å². The van der Waals surface area contributed by atoms with Crippen molar-refractivity contribution in [3.05, 3.63) is 83.2 Å². The van der Waals surface area contributed by atoms with E-state index in [-0.39, 0.29) is 18.1 Å². The van der Waals surface area contributed by atoms with Crippen LogP contribution in [-0.2, 0) is 30.0 Å². The van der Waals surface area contributed by atoms with E-state index in [0.717, 1.165) is 11.3 Å². The molecule has 0 radical (unpaired) electrons.